The lowest BCUT2D eigenvalue weighted by atomic mass is 9.94. The van der Waals surface area contributed by atoms with Crippen molar-refractivity contribution in [2.75, 3.05) is 5.01 Å². The molecule has 4 rings (SSSR count). The Morgan fingerprint density at radius 2 is 1.88 bits per heavy atom. The number of nitriles is 1. The van der Waals surface area contributed by atoms with Crippen LogP contribution in [0.25, 0.3) is 0 Å². The molecule has 0 saturated carbocycles. The predicted molar refractivity (Wildman–Crippen MR) is 70.0 cm³/mol. The molecule has 2 aliphatic heterocycles. The number of fused-ring (bicyclic) bond motifs is 2. The van der Waals surface area contributed by atoms with Crippen molar-refractivity contribution in [3.63, 3.8) is 0 Å². The average molecular weight is 290 g/mol. The van der Waals surface area contributed by atoms with Crippen molar-refractivity contribution in [1.82, 2.24) is 5.01 Å². The van der Waals surface area contributed by atoms with E-state index in [9.17, 15) is 5.26 Å². The number of anilines is 1. The van der Waals surface area contributed by atoms with Gasteiger partial charge in [0.2, 0.25) is 6.19 Å². The van der Waals surface area contributed by atoms with E-state index in [1.165, 1.54) is 0 Å². The van der Waals surface area contributed by atoms with Gasteiger partial charge >= 0.3 is 0 Å². The van der Waals surface area contributed by atoms with E-state index in [0.29, 0.717) is 6.04 Å². The van der Waals surface area contributed by atoms with Crippen molar-refractivity contribution < 1.29 is 0 Å². The van der Waals surface area contributed by atoms with E-state index in [1.807, 2.05) is 24.3 Å². The van der Waals surface area contributed by atoms with Crippen molar-refractivity contribution in [3.8, 4) is 6.19 Å². The fourth-order valence-corrected chi connectivity index (χ4v) is 3.04. The molecule has 0 amide bonds. The molecule has 2 unspecified atom stereocenters. The molecule has 2 atom stereocenters. The summed E-state index contributed by atoms with van der Waals surface area (Å²) in [4.78, 5) is 0. The zero-order valence-electron chi connectivity index (χ0n) is 9.25. The minimum atomic E-state index is 0.220. The molecule has 3 nitrogen and oxygen atoms in total. The zero-order chi connectivity index (χ0) is 11.8. The molecular weight excluding hydrogens is 278 g/mol. The van der Waals surface area contributed by atoms with Crippen LogP contribution in [0, 0.1) is 11.5 Å². The molecule has 3 aliphatic rings. The molecule has 0 radical (unpaired) electrons. The van der Waals surface area contributed by atoms with Gasteiger partial charge in [-0.2, -0.15) is 5.26 Å². The van der Waals surface area contributed by atoms with Gasteiger partial charge in [-0.05, 0) is 40.9 Å². The Morgan fingerprint density at radius 1 is 1.18 bits per heavy atom. The second kappa shape index (κ2) is 4.08. The third-order valence-electron chi connectivity index (χ3n) is 3.38. The van der Waals surface area contributed by atoms with Gasteiger partial charge in [0.05, 0.1) is 17.8 Å². The van der Waals surface area contributed by atoms with E-state index >= 15 is 0 Å². The maximum atomic E-state index is 9.32. The lowest BCUT2D eigenvalue weighted by Crippen LogP contribution is -2.57. The van der Waals surface area contributed by atoms with Gasteiger partial charge in [0, 0.05) is 4.47 Å². The predicted octanol–water partition coefficient (Wildman–Crippen LogP) is 3.05. The van der Waals surface area contributed by atoms with Gasteiger partial charge in [-0.15, -0.1) is 0 Å². The Bertz CT molecular complexity index is 506. The van der Waals surface area contributed by atoms with Crippen LogP contribution in [-0.2, 0) is 0 Å². The highest BCUT2D eigenvalue weighted by Crippen LogP contribution is 2.37. The van der Waals surface area contributed by atoms with Crippen LogP contribution in [-0.4, -0.2) is 17.1 Å². The molecule has 0 aromatic heterocycles. The number of hydrogen-bond donors (Lipinski definition) is 0. The van der Waals surface area contributed by atoms with Crippen LogP contribution in [0.5, 0.6) is 0 Å². The molecule has 2 heterocycles. The Labute approximate surface area is 109 Å². The number of hydrogen-bond acceptors (Lipinski definition) is 3. The summed E-state index contributed by atoms with van der Waals surface area (Å²) in [5.41, 5.74) is 1.06. The van der Waals surface area contributed by atoms with Crippen molar-refractivity contribution in [2.24, 2.45) is 0 Å². The Hall–Kier alpha value is -1.47. The van der Waals surface area contributed by atoms with Crippen LogP contribution >= 0.6 is 15.9 Å². The highest BCUT2D eigenvalue weighted by atomic mass is 79.9. The summed E-state index contributed by atoms with van der Waals surface area (Å²) in [6.45, 7) is 0. The molecule has 0 N–H and O–H groups in total. The smallest absolute Gasteiger partial charge is 0.200 e. The zero-order valence-corrected chi connectivity index (χ0v) is 10.8. The number of benzene rings is 1. The summed E-state index contributed by atoms with van der Waals surface area (Å²) in [5, 5.41) is 13.2. The van der Waals surface area contributed by atoms with Gasteiger partial charge in [-0.3, -0.25) is 5.01 Å². The average Bonchev–Trinajstić information content (AvgIpc) is 2.39. The van der Waals surface area contributed by atoms with Crippen LogP contribution in [0.1, 0.15) is 12.8 Å². The Morgan fingerprint density at radius 3 is 2.53 bits per heavy atom. The number of halogens is 1. The first-order chi connectivity index (χ1) is 8.31. The molecule has 17 heavy (non-hydrogen) atoms. The summed E-state index contributed by atoms with van der Waals surface area (Å²) in [6, 6.07) is 8.57. The van der Waals surface area contributed by atoms with Crippen molar-refractivity contribution >= 4 is 21.6 Å². The number of nitrogens with zero attached hydrogens (tertiary/aromatic N) is 3. The highest BCUT2D eigenvalue weighted by molar-refractivity contribution is 9.10. The third-order valence-corrected chi connectivity index (χ3v) is 4.05. The fraction of sp³-hybridized carbons (Fsp3) is 0.308. The van der Waals surface area contributed by atoms with Gasteiger partial charge in [0.15, 0.2) is 0 Å². The molecule has 0 spiro atoms. The molecular formula is C13H12BrN3. The van der Waals surface area contributed by atoms with Crippen molar-refractivity contribution in [1.29, 1.82) is 5.26 Å². The Kier molecular flexibility index (Phi) is 2.56. The summed E-state index contributed by atoms with van der Waals surface area (Å²) < 4.78 is 1.03. The fourth-order valence-electron chi connectivity index (χ4n) is 2.57. The molecule has 2 bridgehead atoms. The monoisotopic (exact) mass is 289 g/mol. The number of para-hydroxylation sites is 1. The molecule has 1 saturated heterocycles. The second-order valence-corrected chi connectivity index (χ2v) is 5.19. The SMILES string of the molecule is N#CN1C2C=CC(CC2)N1c1ccccc1Br. The van der Waals surface area contributed by atoms with Crippen LogP contribution in [0.15, 0.2) is 40.9 Å². The van der Waals surface area contributed by atoms with Gasteiger partial charge in [0.25, 0.3) is 0 Å². The summed E-state index contributed by atoms with van der Waals surface area (Å²) in [6.07, 6.45) is 8.83. The standard InChI is InChI=1S/C13H12BrN3/c14-12-3-1-2-4-13(12)17-11-7-5-10(6-8-11)16(17)9-15/h1-5,7,10-11H,6,8H2. The van der Waals surface area contributed by atoms with E-state index in [-0.39, 0.29) is 6.04 Å². The van der Waals surface area contributed by atoms with Gasteiger partial charge in [-0.1, -0.05) is 24.3 Å². The molecule has 86 valence electrons. The number of hydrazine groups is 1. The lowest BCUT2D eigenvalue weighted by Gasteiger charge is -2.48. The van der Waals surface area contributed by atoms with Crippen LogP contribution in [0.3, 0.4) is 0 Å². The van der Waals surface area contributed by atoms with E-state index in [2.05, 4.69) is 39.3 Å². The number of rotatable bonds is 1. The molecule has 1 aromatic carbocycles. The van der Waals surface area contributed by atoms with Crippen LogP contribution in [0.4, 0.5) is 5.69 Å². The second-order valence-electron chi connectivity index (χ2n) is 4.34. The minimum Gasteiger partial charge on any atom is -0.268 e. The first-order valence-corrected chi connectivity index (χ1v) is 6.51. The molecule has 1 aromatic rings. The summed E-state index contributed by atoms with van der Waals surface area (Å²) >= 11 is 3.56. The maximum Gasteiger partial charge on any atom is 0.200 e. The molecule has 4 heteroatoms. The highest BCUT2D eigenvalue weighted by Gasteiger charge is 2.37. The quantitative estimate of drug-likeness (QED) is 0.588. The van der Waals surface area contributed by atoms with E-state index in [4.69, 9.17) is 0 Å². The van der Waals surface area contributed by atoms with Crippen molar-refractivity contribution in [2.45, 2.75) is 24.9 Å². The maximum absolute atomic E-state index is 9.32. The summed E-state index contributed by atoms with van der Waals surface area (Å²) in [5.74, 6) is 0. The molecule has 1 aliphatic carbocycles. The van der Waals surface area contributed by atoms with Gasteiger partial charge < -0.3 is 0 Å². The molecule has 1 fully saturated rings. The Balaban J connectivity index is 2.06. The largest absolute Gasteiger partial charge is 0.268 e. The van der Waals surface area contributed by atoms with Crippen LogP contribution in [0.2, 0.25) is 0 Å². The lowest BCUT2D eigenvalue weighted by molar-refractivity contribution is 0.207. The van der Waals surface area contributed by atoms with Crippen molar-refractivity contribution in [3.05, 3.63) is 40.9 Å². The third kappa shape index (κ3) is 1.62. The summed E-state index contributed by atoms with van der Waals surface area (Å²) in [7, 11) is 0. The minimum absolute atomic E-state index is 0.220. The normalized spacial score (nSPS) is 26.1. The first kappa shape index (κ1) is 10.7. The van der Waals surface area contributed by atoms with E-state index < -0.39 is 0 Å². The van der Waals surface area contributed by atoms with Crippen LogP contribution < -0.4 is 5.01 Å². The van der Waals surface area contributed by atoms with Gasteiger partial charge in [0.1, 0.15) is 0 Å². The topological polar surface area (TPSA) is 30.3 Å². The van der Waals surface area contributed by atoms with E-state index in [0.717, 1.165) is 23.0 Å². The first-order valence-electron chi connectivity index (χ1n) is 5.72. The van der Waals surface area contributed by atoms with E-state index in [1.54, 1.807) is 5.01 Å². The van der Waals surface area contributed by atoms with Gasteiger partial charge in [-0.25, -0.2) is 5.01 Å².